The summed E-state index contributed by atoms with van der Waals surface area (Å²) in [6.45, 7) is 3.19. The molecular weight excluding hydrogens is 246 g/mol. The number of halogens is 1. The molecule has 5 heteroatoms. The van der Waals surface area contributed by atoms with E-state index in [-0.39, 0.29) is 5.75 Å². The van der Waals surface area contributed by atoms with Gasteiger partial charge in [0.1, 0.15) is 0 Å². The van der Waals surface area contributed by atoms with Crippen LogP contribution >= 0.6 is 11.6 Å². The van der Waals surface area contributed by atoms with Crippen molar-refractivity contribution in [2.75, 3.05) is 18.8 Å². The molecular formula is C11H16ClNO2S. The molecule has 90 valence electrons. The molecule has 2 N–H and O–H groups in total. The first-order chi connectivity index (χ1) is 7.65. The van der Waals surface area contributed by atoms with Gasteiger partial charge in [0.2, 0.25) is 0 Å². The highest BCUT2D eigenvalue weighted by Gasteiger charge is 2.13. The molecule has 0 heterocycles. The minimum Gasteiger partial charge on any atom is -0.391 e. The minimum atomic E-state index is -1.25. The molecule has 2 unspecified atom stereocenters. The van der Waals surface area contributed by atoms with Gasteiger partial charge in [-0.3, -0.25) is 4.21 Å². The topological polar surface area (TPSA) is 49.3 Å². The zero-order valence-electron chi connectivity index (χ0n) is 9.15. The van der Waals surface area contributed by atoms with Crippen LogP contribution in [0.1, 0.15) is 6.92 Å². The number of benzene rings is 1. The van der Waals surface area contributed by atoms with Crippen molar-refractivity contribution in [2.24, 2.45) is 0 Å². The van der Waals surface area contributed by atoms with Crippen molar-refractivity contribution in [3.05, 3.63) is 29.3 Å². The molecule has 0 aliphatic rings. The number of hydrogen-bond donors (Lipinski definition) is 2. The number of aliphatic hydroxyl groups is 1. The number of hydrogen-bond acceptors (Lipinski definition) is 3. The standard InChI is InChI=1S/C11H16ClNO2S/c1-2-13-7-9(14)8-16(15)11-6-4-3-5-10(11)12/h3-6,9,13-14H,2,7-8H2,1H3. The first kappa shape index (κ1) is 13.6. The summed E-state index contributed by atoms with van der Waals surface area (Å²) in [5.41, 5.74) is 0. The van der Waals surface area contributed by atoms with E-state index in [2.05, 4.69) is 5.32 Å². The van der Waals surface area contributed by atoms with E-state index in [0.29, 0.717) is 16.5 Å². The molecule has 0 aliphatic heterocycles. The third-order valence-corrected chi connectivity index (χ3v) is 4.03. The quantitative estimate of drug-likeness (QED) is 0.814. The highest BCUT2D eigenvalue weighted by Crippen LogP contribution is 2.19. The Morgan fingerprint density at radius 3 is 2.81 bits per heavy atom. The van der Waals surface area contributed by atoms with Crippen LogP contribution in [0, 0.1) is 0 Å². The van der Waals surface area contributed by atoms with E-state index in [1.807, 2.05) is 6.92 Å². The fourth-order valence-electron chi connectivity index (χ4n) is 1.26. The molecule has 0 radical (unpaired) electrons. The summed E-state index contributed by atoms with van der Waals surface area (Å²) in [5.74, 6) is 0.205. The van der Waals surface area contributed by atoms with Gasteiger partial charge >= 0.3 is 0 Å². The SMILES string of the molecule is CCNCC(O)CS(=O)c1ccccc1Cl. The molecule has 0 saturated carbocycles. The third kappa shape index (κ3) is 4.22. The van der Waals surface area contributed by atoms with Gasteiger partial charge in [0.05, 0.1) is 32.6 Å². The van der Waals surface area contributed by atoms with Crippen molar-refractivity contribution in [2.45, 2.75) is 17.9 Å². The van der Waals surface area contributed by atoms with Gasteiger partial charge in [-0.15, -0.1) is 0 Å². The van der Waals surface area contributed by atoms with Crippen LogP contribution < -0.4 is 5.32 Å². The molecule has 1 aromatic carbocycles. The van der Waals surface area contributed by atoms with Gasteiger partial charge in [-0.05, 0) is 18.7 Å². The van der Waals surface area contributed by atoms with Crippen LogP contribution in [0.4, 0.5) is 0 Å². The Balaban J connectivity index is 2.56. The minimum absolute atomic E-state index is 0.205. The van der Waals surface area contributed by atoms with Gasteiger partial charge in [-0.25, -0.2) is 0 Å². The average Bonchev–Trinajstić information content (AvgIpc) is 2.26. The van der Waals surface area contributed by atoms with Crippen LogP contribution in [-0.4, -0.2) is 34.3 Å². The van der Waals surface area contributed by atoms with Crippen molar-refractivity contribution in [3.63, 3.8) is 0 Å². The Morgan fingerprint density at radius 2 is 2.19 bits per heavy atom. The normalized spacial score (nSPS) is 14.7. The van der Waals surface area contributed by atoms with Crippen molar-refractivity contribution in [1.82, 2.24) is 5.32 Å². The van der Waals surface area contributed by atoms with Crippen LogP contribution in [0.25, 0.3) is 0 Å². The maximum atomic E-state index is 11.9. The summed E-state index contributed by atoms with van der Waals surface area (Å²) in [4.78, 5) is 0.583. The monoisotopic (exact) mass is 261 g/mol. The van der Waals surface area contributed by atoms with Crippen LogP contribution in [-0.2, 0) is 10.8 Å². The summed E-state index contributed by atoms with van der Waals surface area (Å²) in [5, 5.41) is 13.1. The van der Waals surface area contributed by atoms with Crippen LogP contribution in [0.15, 0.2) is 29.2 Å². The van der Waals surface area contributed by atoms with Crippen molar-refractivity contribution in [3.8, 4) is 0 Å². The summed E-state index contributed by atoms with van der Waals surface area (Å²) in [7, 11) is -1.25. The maximum Gasteiger partial charge on any atom is 0.0783 e. The summed E-state index contributed by atoms with van der Waals surface area (Å²) >= 11 is 5.92. The maximum absolute atomic E-state index is 11.9. The molecule has 16 heavy (non-hydrogen) atoms. The number of aliphatic hydroxyl groups excluding tert-OH is 1. The lowest BCUT2D eigenvalue weighted by Crippen LogP contribution is -2.30. The van der Waals surface area contributed by atoms with Gasteiger partial charge in [0.15, 0.2) is 0 Å². The lowest BCUT2D eigenvalue weighted by Gasteiger charge is -2.11. The Kier molecular flexibility index (Phi) is 5.98. The first-order valence-corrected chi connectivity index (χ1v) is 6.86. The van der Waals surface area contributed by atoms with Crippen molar-refractivity contribution < 1.29 is 9.32 Å². The number of nitrogens with one attached hydrogen (secondary N) is 1. The molecule has 0 bridgehead atoms. The van der Waals surface area contributed by atoms with E-state index in [1.54, 1.807) is 24.3 Å². The molecule has 0 aliphatic carbocycles. The van der Waals surface area contributed by atoms with E-state index in [0.717, 1.165) is 6.54 Å². The second-order valence-corrected chi connectivity index (χ2v) is 5.28. The summed E-state index contributed by atoms with van der Waals surface area (Å²) < 4.78 is 11.9. The molecule has 3 nitrogen and oxygen atoms in total. The Morgan fingerprint density at radius 1 is 1.50 bits per heavy atom. The second-order valence-electron chi connectivity index (χ2n) is 3.40. The first-order valence-electron chi connectivity index (χ1n) is 5.16. The van der Waals surface area contributed by atoms with E-state index >= 15 is 0 Å². The smallest absolute Gasteiger partial charge is 0.0783 e. The Labute approximate surface area is 103 Å². The van der Waals surface area contributed by atoms with Crippen molar-refractivity contribution >= 4 is 22.4 Å². The van der Waals surface area contributed by atoms with Gasteiger partial charge in [0.25, 0.3) is 0 Å². The highest BCUT2D eigenvalue weighted by atomic mass is 35.5. The van der Waals surface area contributed by atoms with E-state index < -0.39 is 16.9 Å². The lowest BCUT2D eigenvalue weighted by molar-refractivity contribution is 0.195. The number of likely N-dealkylation sites (N-methyl/N-ethyl adjacent to an activating group) is 1. The molecule has 0 spiro atoms. The Bertz CT molecular complexity index is 360. The molecule has 0 fully saturated rings. The second kappa shape index (κ2) is 7.01. The summed E-state index contributed by atoms with van der Waals surface area (Å²) in [6, 6.07) is 7.00. The predicted molar refractivity (Wildman–Crippen MR) is 67.3 cm³/mol. The summed E-state index contributed by atoms with van der Waals surface area (Å²) in [6.07, 6.45) is -0.614. The fraction of sp³-hybridized carbons (Fsp3) is 0.455. The predicted octanol–water partition coefficient (Wildman–Crippen LogP) is 1.42. The largest absolute Gasteiger partial charge is 0.391 e. The fourth-order valence-corrected chi connectivity index (χ4v) is 2.82. The van der Waals surface area contributed by atoms with Crippen LogP contribution in [0.5, 0.6) is 0 Å². The molecule has 1 aromatic rings. The van der Waals surface area contributed by atoms with Crippen molar-refractivity contribution in [1.29, 1.82) is 0 Å². The van der Waals surface area contributed by atoms with Gasteiger partial charge in [-0.1, -0.05) is 30.7 Å². The van der Waals surface area contributed by atoms with Crippen LogP contribution in [0.2, 0.25) is 5.02 Å². The van der Waals surface area contributed by atoms with Crippen LogP contribution in [0.3, 0.4) is 0 Å². The van der Waals surface area contributed by atoms with E-state index in [1.165, 1.54) is 0 Å². The average molecular weight is 262 g/mol. The highest BCUT2D eigenvalue weighted by molar-refractivity contribution is 7.85. The zero-order chi connectivity index (χ0) is 12.0. The van der Waals surface area contributed by atoms with E-state index in [9.17, 15) is 9.32 Å². The van der Waals surface area contributed by atoms with Gasteiger partial charge in [0, 0.05) is 6.54 Å². The molecule has 2 atom stereocenters. The molecule has 0 aromatic heterocycles. The third-order valence-electron chi connectivity index (χ3n) is 2.06. The zero-order valence-corrected chi connectivity index (χ0v) is 10.7. The van der Waals surface area contributed by atoms with Gasteiger partial charge < -0.3 is 10.4 Å². The van der Waals surface area contributed by atoms with Gasteiger partial charge in [-0.2, -0.15) is 0 Å². The molecule has 0 saturated heterocycles. The Hall–Kier alpha value is -0.420. The lowest BCUT2D eigenvalue weighted by atomic mass is 10.4. The molecule has 0 amide bonds. The van der Waals surface area contributed by atoms with E-state index in [4.69, 9.17) is 11.6 Å². The molecule has 1 rings (SSSR count). The number of rotatable bonds is 6.